The number of ether oxygens (including phenoxy) is 1. The lowest BCUT2D eigenvalue weighted by Gasteiger charge is -2.21. The highest BCUT2D eigenvalue weighted by atomic mass is 19.4. The molecule has 1 atom stereocenters. The molecule has 198 valence electrons. The maximum absolute atomic E-state index is 13.3. The second-order valence-corrected chi connectivity index (χ2v) is 9.17. The Balaban J connectivity index is 0.00000112. The van der Waals surface area contributed by atoms with Gasteiger partial charge in [0.15, 0.2) is 0 Å². The predicted octanol–water partition coefficient (Wildman–Crippen LogP) is 6.81. The van der Waals surface area contributed by atoms with Crippen LogP contribution in [0.1, 0.15) is 54.4 Å². The van der Waals surface area contributed by atoms with Gasteiger partial charge < -0.3 is 9.84 Å². The number of carbonyl (C=O) groups is 1. The number of carboxylic acids is 1. The number of hydrogen-bond donors (Lipinski definition) is 1. The van der Waals surface area contributed by atoms with E-state index < -0.39 is 35.0 Å². The van der Waals surface area contributed by atoms with Crippen LogP contribution in [0, 0.1) is 5.92 Å². The number of aliphatic carboxylic acids is 1. The van der Waals surface area contributed by atoms with Gasteiger partial charge in [0.1, 0.15) is 5.75 Å². The summed E-state index contributed by atoms with van der Waals surface area (Å²) in [5.74, 6) is -0.330. The van der Waals surface area contributed by atoms with Gasteiger partial charge in [0.2, 0.25) is 0 Å². The molecular formula is C26H29F6NO3. The number of aryl methyl sites for hydroxylation is 1. The summed E-state index contributed by atoms with van der Waals surface area (Å²) >= 11 is 0. The van der Waals surface area contributed by atoms with Gasteiger partial charge in [-0.2, -0.15) is 26.3 Å². The van der Waals surface area contributed by atoms with Crippen molar-refractivity contribution in [3.05, 3.63) is 64.7 Å². The lowest BCUT2D eigenvalue weighted by molar-refractivity contribution is -0.142. The van der Waals surface area contributed by atoms with Crippen molar-refractivity contribution in [1.29, 1.82) is 0 Å². The monoisotopic (exact) mass is 517 g/mol. The van der Waals surface area contributed by atoms with E-state index >= 15 is 0 Å². The van der Waals surface area contributed by atoms with Gasteiger partial charge in [-0.25, -0.2) is 0 Å². The lowest BCUT2D eigenvalue weighted by atomic mass is 10.0. The first kappa shape index (κ1) is 27.8. The van der Waals surface area contributed by atoms with E-state index in [0.29, 0.717) is 56.5 Å². The van der Waals surface area contributed by atoms with Gasteiger partial charge in [-0.1, -0.05) is 31.4 Å². The Morgan fingerprint density at radius 3 is 2.33 bits per heavy atom. The normalized spacial score (nSPS) is 17.9. The lowest BCUT2D eigenvalue weighted by Crippen LogP contribution is -2.24. The predicted molar refractivity (Wildman–Crippen MR) is 122 cm³/mol. The molecule has 4 nitrogen and oxygen atoms in total. The smallest absolute Gasteiger partial charge is 0.416 e. The first-order valence-corrected chi connectivity index (χ1v) is 11.8. The number of likely N-dealkylation sites (tertiary alicyclic amines) is 1. The van der Waals surface area contributed by atoms with Crippen molar-refractivity contribution in [3.8, 4) is 5.75 Å². The highest BCUT2D eigenvalue weighted by Gasteiger charge is 2.37. The molecule has 4 rings (SSSR count). The topological polar surface area (TPSA) is 49.8 Å². The Morgan fingerprint density at radius 2 is 1.72 bits per heavy atom. The van der Waals surface area contributed by atoms with Gasteiger partial charge in [0.05, 0.1) is 17.7 Å². The minimum Gasteiger partial charge on any atom is -0.493 e. The van der Waals surface area contributed by atoms with Crippen LogP contribution in [0.2, 0.25) is 0 Å². The molecule has 2 aliphatic rings. The van der Waals surface area contributed by atoms with Crippen molar-refractivity contribution >= 4 is 5.97 Å². The number of alkyl halides is 6. The van der Waals surface area contributed by atoms with Gasteiger partial charge in [-0.15, -0.1) is 0 Å². The average Bonchev–Trinajstić information content (AvgIpc) is 3.62. The molecular weight excluding hydrogens is 488 g/mol. The third kappa shape index (κ3) is 9.04. The molecule has 2 aromatic carbocycles. The quantitative estimate of drug-likeness (QED) is 0.391. The fourth-order valence-electron chi connectivity index (χ4n) is 3.87. The summed E-state index contributed by atoms with van der Waals surface area (Å²) in [5, 5.41) is 8.78. The van der Waals surface area contributed by atoms with Crippen molar-refractivity contribution in [2.24, 2.45) is 5.92 Å². The Bertz CT molecular complexity index is 1020. The van der Waals surface area contributed by atoms with Crippen LogP contribution in [-0.4, -0.2) is 35.7 Å². The molecule has 10 heteroatoms. The number of nitrogens with zero attached hydrogens (tertiary/aromatic N) is 1. The van der Waals surface area contributed by atoms with Gasteiger partial charge >= 0.3 is 18.3 Å². The van der Waals surface area contributed by atoms with Crippen LogP contribution in [0.25, 0.3) is 0 Å². The summed E-state index contributed by atoms with van der Waals surface area (Å²) < 4.78 is 84.7. The molecule has 1 N–H and O–H groups in total. The van der Waals surface area contributed by atoms with Crippen LogP contribution < -0.4 is 4.74 Å². The van der Waals surface area contributed by atoms with Crippen LogP contribution >= 0.6 is 0 Å². The summed E-state index contributed by atoms with van der Waals surface area (Å²) in [7, 11) is 0. The largest absolute Gasteiger partial charge is 0.493 e. The van der Waals surface area contributed by atoms with Gasteiger partial charge in [0.25, 0.3) is 0 Å². The summed E-state index contributed by atoms with van der Waals surface area (Å²) in [6.07, 6.45) is -3.97. The van der Waals surface area contributed by atoms with Crippen molar-refractivity contribution in [1.82, 2.24) is 4.90 Å². The van der Waals surface area contributed by atoms with Crippen molar-refractivity contribution in [3.63, 3.8) is 0 Å². The Labute approximate surface area is 205 Å². The molecule has 36 heavy (non-hydrogen) atoms. The molecule has 2 fully saturated rings. The second kappa shape index (κ2) is 12.0. The molecule has 0 bridgehead atoms. The summed E-state index contributed by atoms with van der Waals surface area (Å²) in [6.45, 7) is 0.903. The summed E-state index contributed by atoms with van der Waals surface area (Å²) in [6, 6.07) is 8.54. The van der Waals surface area contributed by atoms with E-state index in [-0.39, 0.29) is 18.9 Å². The van der Waals surface area contributed by atoms with Crippen LogP contribution in [0.4, 0.5) is 26.3 Å². The highest BCUT2D eigenvalue weighted by molar-refractivity contribution is 5.67. The minimum absolute atomic E-state index is 0.00348. The number of hydrogen-bond acceptors (Lipinski definition) is 3. The van der Waals surface area contributed by atoms with Crippen molar-refractivity contribution in [2.45, 2.75) is 57.4 Å². The highest BCUT2D eigenvalue weighted by Crippen LogP contribution is 2.37. The summed E-state index contributed by atoms with van der Waals surface area (Å²) in [4.78, 5) is 12.4. The third-order valence-corrected chi connectivity index (χ3v) is 5.87. The number of benzene rings is 2. The van der Waals surface area contributed by atoms with E-state index in [0.717, 1.165) is 5.56 Å². The Hall–Kier alpha value is -2.75. The second-order valence-electron chi connectivity index (χ2n) is 9.17. The zero-order valence-electron chi connectivity index (χ0n) is 19.7. The Kier molecular flexibility index (Phi) is 9.27. The molecule has 1 unspecified atom stereocenters. The fourth-order valence-corrected chi connectivity index (χ4v) is 3.87. The van der Waals surface area contributed by atoms with Crippen LogP contribution in [0.3, 0.4) is 0 Å². The van der Waals surface area contributed by atoms with Gasteiger partial charge in [-0.05, 0) is 60.8 Å². The molecule has 0 spiro atoms. The minimum atomic E-state index is -4.74. The zero-order valence-corrected chi connectivity index (χ0v) is 19.7. The van der Waals surface area contributed by atoms with E-state index in [9.17, 15) is 31.1 Å². The Morgan fingerprint density at radius 1 is 1.00 bits per heavy atom. The number of carboxylic acid groups (broad SMARTS) is 1. The molecule has 0 aromatic heterocycles. The first-order chi connectivity index (χ1) is 16.9. The molecule has 2 aromatic rings. The molecule has 0 amide bonds. The van der Waals surface area contributed by atoms with Crippen LogP contribution in [-0.2, 0) is 30.1 Å². The SMILES string of the molecule is C1CC1.O=C(O)CCc1cccc(OCC2CCN(Cc3cc(C(F)(F)F)ccc3C(F)(F)F)C2)c1. The van der Waals surface area contributed by atoms with E-state index in [1.807, 2.05) is 0 Å². The molecule has 1 saturated heterocycles. The van der Waals surface area contributed by atoms with E-state index in [4.69, 9.17) is 9.84 Å². The average molecular weight is 518 g/mol. The molecule has 0 radical (unpaired) electrons. The standard InChI is InChI=1S/C23H23F6NO3.C3H6/c24-22(25,26)18-5-6-20(23(27,28)29)17(11-18)13-30-9-8-16(12-30)14-33-19-3-1-2-15(10-19)4-7-21(31)32;1-2-3-1/h1-3,5-6,10-11,16H,4,7-9,12-14H2,(H,31,32);1-3H2. The fraction of sp³-hybridized carbons (Fsp3) is 0.500. The van der Waals surface area contributed by atoms with E-state index in [1.54, 1.807) is 29.2 Å². The van der Waals surface area contributed by atoms with Crippen molar-refractivity contribution in [2.75, 3.05) is 19.7 Å². The summed E-state index contributed by atoms with van der Waals surface area (Å²) in [5.41, 5.74) is -1.75. The van der Waals surface area contributed by atoms with Crippen LogP contribution in [0.5, 0.6) is 5.75 Å². The third-order valence-electron chi connectivity index (χ3n) is 5.87. The molecule has 1 aliphatic carbocycles. The van der Waals surface area contributed by atoms with E-state index in [1.165, 1.54) is 19.3 Å². The molecule has 1 heterocycles. The van der Waals surface area contributed by atoms with E-state index in [2.05, 4.69) is 0 Å². The number of rotatable bonds is 8. The van der Waals surface area contributed by atoms with Crippen LogP contribution in [0.15, 0.2) is 42.5 Å². The van der Waals surface area contributed by atoms with Gasteiger partial charge in [-0.3, -0.25) is 9.69 Å². The maximum atomic E-state index is 13.3. The maximum Gasteiger partial charge on any atom is 0.416 e. The number of halogens is 6. The van der Waals surface area contributed by atoms with Crippen molar-refractivity contribution < 1.29 is 41.0 Å². The molecule has 1 saturated carbocycles. The zero-order chi connectivity index (χ0) is 26.3. The van der Waals surface area contributed by atoms with Gasteiger partial charge in [0, 0.05) is 25.4 Å². The first-order valence-electron chi connectivity index (χ1n) is 11.8. The molecule has 1 aliphatic heterocycles.